The van der Waals surface area contributed by atoms with Crippen LogP contribution in [0.3, 0.4) is 0 Å². The Morgan fingerprint density at radius 2 is 1.80 bits per heavy atom. The van der Waals surface area contributed by atoms with Crippen molar-refractivity contribution < 1.29 is 19.1 Å². The van der Waals surface area contributed by atoms with Crippen molar-refractivity contribution in [3.05, 3.63) is 45.6 Å². The van der Waals surface area contributed by atoms with Crippen molar-refractivity contribution >= 4 is 34.6 Å². The van der Waals surface area contributed by atoms with E-state index in [1.54, 1.807) is 35.6 Å². The van der Waals surface area contributed by atoms with Crippen molar-refractivity contribution in [3.8, 4) is 5.75 Å². The van der Waals surface area contributed by atoms with E-state index >= 15 is 0 Å². The fourth-order valence-corrected chi connectivity index (χ4v) is 3.22. The number of Topliss-reactive ketones (excluding diaryl/α,β-unsaturated/α-hetero) is 1. The Morgan fingerprint density at radius 1 is 1.12 bits per heavy atom. The predicted octanol–water partition coefficient (Wildman–Crippen LogP) is 2.83. The smallest absolute Gasteiger partial charge is 0.255 e. The highest BCUT2D eigenvalue weighted by atomic mass is 32.1. The fraction of sp³-hybridized carbons (Fsp3) is 0.278. The molecular weight excluding hydrogens is 340 g/mol. The summed E-state index contributed by atoms with van der Waals surface area (Å²) in [7, 11) is 0. The van der Waals surface area contributed by atoms with E-state index in [0.717, 1.165) is 9.75 Å². The predicted molar refractivity (Wildman–Crippen MR) is 97.1 cm³/mol. The molecule has 0 radical (unpaired) electrons. The number of benzene rings is 1. The number of nitrogens with two attached hydrogens (primary N) is 1. The maximum Gasteiger partial charge on any atom is 0.255 e. The lowest BCUT2D eigenvalue weighted by Crippen LogP contribution is -2.20. The Morgan fingerprint density at radius 3 is 2.36 bits per heavy atom. The van der Waals surface area contributed by atoms with E-state index in [4.69, 9.17) is 10.5 Å². The van der Waals surface area contributed by atoms with Crippen LogP contribution in [0.5, 0.6) is 5.75 Å². The molecule has 1 aromatic carbocycles. The number of rotatable bonds is 8. The standard InChI is InChI=1S/C18H20N2O4S/c1-11-9-15(12(2)25-11)16(21)7-8-18(23)20-13-3-5-14(6-4-13)24-10-17(19)22/h3-6,9H,7-8,10H2,1-2H3,(H2,19,22)(H,20,23). The van der Waals surface area contributed by atoms with E-state index in [0.29, 0.717) is 17.0 Å². The molecule has 25 heavy (non-hydrogen) atoms. The van der Waals surface area contributed by atoms with Gasteiger partial charge in [0.1, 0.15) is 5.75 Å². The molecule has 0 saturated heterocycles. The largest absolute Gasteiger partial charge is 0.484 e. The van der Waals surface area contributed by atoms with Crippen LogP contribution in [0.4, 0.5) is 5.69 Å². The average Bonchev–Trinajstić information content (AvgIpc) is 2.90. The third-order valence-corrected chi connectivity index (χ3v) is 4.41. The molecule has 0 unspecified atom stereocenters. The monoisotopic (exact) mass is 360 g/mol. The van der Waals surface area contributed by atoms with Crippen molar-refractivity contribution in [2.45, 2.75) is 26.7 Å². The zero-order valence-corrected chi connectivity index (χ0v) is 14.9. The van der Waals surface area contributed by atoms with Gasteiger partial charge < -0.3 is 15.8 Å². The number of carbonyl (C=O) groups excluding carboxylic acids is 3. The minimum atomic E-state index is -0.557. The van der Waals surface area contributed by atoms with E-state index < -0.39 is 5.91 Å². The van der Waals surface area contributed by atoms with Crippen LogP contribution in [0.15, 0.2) is 30.3 Å². The minimum Gasteiger partial charge on any atom is -0.484 e. The van der Waals surface area contributed by atoms with Crippen molar-refractivity contribution in [2.24, 2.45) is 5.73 Å². The van der Waals surface area contributed by atoms with E-state index in [1.807, 2.05) is 19.9 Å². The van der Waals surface area contributed by atoms with Crippen LogP contribution in [0, 0.1) is 13.8 Å². The summed E-state index contributed by atoms with van der Waals surface area (Å²) in [5.74, 6) is -0.329. The van der Waals surface area contributed by atoms with Gasteiger partial charge in [-0.1, -0.05) is 0 Å². The quantitative estimate of drug-likeness (QED) is 0.707. The third kappa shape index (κ3) is 5.72. The Balaban J connectivity index is 1.82. The maximum atomic E-state index is 12.2. The molecule has 0 aliphatic carbocycles. The summed E-state index contributed by atoms with van der Waals surface area (Å²) < 4.78 is 5.14. The second-order valence-electron chi connectivity index (χ2n) is 5.58. The van der Waals surface area contributed by atoms with Gasteiger partial charge in [-0.2, -0.15) is 0 Å². The molecule has 0 saturated carbocycles. The first-order valence-corrected chi connectivity index (χ1v) is 8.58. The number of ether oxygens (including phenoxy) is 1. The van der Waals surface area contributed by atoms with E-state index in [9.17, 15) is 14.4 Å². The molecule has 132 valence electrons. The molecule has 0 atom stereocenters. The van der Waals surface area contributed by atoms with Gasteiger partial charge in [0, 0.05) is 33.8 Å². The number of hydrogen-bond donors (Lipinski definition) is 2. The second kappa shape index (κ2) is 8.43. The molecule has 6 nitrogen and oxygen atoms in total. The number of carbonyl (C=O) groups is 3. The highest BCUT2D eigenvalue weighted by molar-refractivity contribution is 7.12. The first-order valence-electron chi connectivity index (χ1n) is 7.76. The summed E-state index contributed by atoms with van der Waals surface area (Å²) in [4.78, 5) is 36.9. The second-order valence-corrected chi connectivity index (χ2v) is 7.04. The van der Waals surface area contributed by atoms with Gasteiger partial charge in [0.25, 0.3) is 5.91 Å². The van der Waals surface area contributed by atoms with Crippen LogP contribution in [0.2, 0.25) is 0 Å². The van der Waals surface area contributed by atoms with Gasteiger partial charge in [-0.05, 0) is 44.2 Å². The van der Waals surface area contributed by atoms with Crippen LogP contribution < -0.4 is 15.8 Å². The molecule has 0 spiro atoms. The maximum absolute atomic E-state index is 12.2. The van der Waals surface area contributed by atoms with Crippen LogP contribution in [0.25, 0.3) is 0 Å². The van der Waals surface area contributed by atoms with Gasteiger partial charge in [-0.3, -0.25) is 14.4 Å². The summed E-state index contributed by atoms with van der Waals surface area (Å²) in [5.41, 5.74) is 6.29. The van der Waals surface area contributed by atoms with Crippen LogP contribution >= 0.6 is 11.3 Å². The zero-order chi connectivity index (χ0) is 18.4. The lowest BCUT2D eigenvalue weighted by Gasteiger charge is -2.07. The number of nitrogens with one attached hydrogen (secondary N) is 1. The molecular formula is C18H20N2O4S. The SMILES string of the molecule is Cc1cc(C(=O)CCC(=O)Nc2ccc(OCC(N)=O)cc2)c(C)s1. The third-order valence-electron chi connectivity index (χ3n) is 3.44. The summed E-state index contributed by atoms with van der Waals surface area (Å²) in [5, 5.41) is 2.72. The summed E-state index contributed by atoms with van der Waals surface area (Å²) in [6.45, 7) is 3.67. The molecule has 3 N–H and O–H groups in total. The number of anilines is 1. The summed E-state index contributed by atoms with van der Waals surface area (Å²) >= 11 is 1.58. The minimum absolute atomic E-state index is 0.0211. The topological polar surface area (TPSA) is 98.5 Å². The molecule has 2 rings (SSSR count). The molecule has 0 aliphatic rings. The number of ketones is 1. The Bertz CT molecular complexity index is 781. The highest BCUT2D eigenvalue weighted by Gasteiger charge is 2.14. The van der Waals surface area contributed by atoms with Gasteiger partial charge in [0.15, 0.2) is 12.4 Å². The Kier molecular flexibility index (Phi) is 6.30. The average molecular weight is 360 g/mol. The zero-order valence-electron chi connectivity index (χ0n) is 14.1. The number of amides is 2. The van der Waals surface area contributed by atoms with Gasteiger partial charge in [-0.15, -0.1) is 11.3 Å². The fourth-order valence-electron chi connectivity index (χ4n) is 2.28. The highest BCUT2D eigenvalue weighted by Crippen LogP contribution is 2.22. The van der Waals surface area contributed by atoms with Crippen molar-refractivity contribution in [3.63, 3.8) is 0 Å². The first-order chi connectivity index (χ1) is 11.8. The summed E-state index contributed by atoms with van der Waals surface area (Å²) in [6, 6.07) is 8.43. The number of thiophene rings is 1. The van der Waals surface area contributed by atoms with E-state index in [-0.39, 0.29) is 31.1 Å². The van der Waals surface area contributed by atoms with Crippen molar-refractivity contribution in [1.82, 2.24) is 0 Å². The lowest BCUT2D eigenvalue weighted by molar-refractivity contribution is -0.120. The number of aryl methyl sites for hydroxylation is 2. The van der Waals surface area contributed by atoms with Gasteiger partial charge >= 0.3 is 0 Å². The van der Waals surface area contributed by atoms with Crippen molar-refractivity contribution in [1.29, 1.82) is 0 Å². The molecule has 0 aliphatic heterocycles. The number of primary amides is 1. The van der Waals surface area contributed by atoms with E-state index in [2.05, 4.69) is 5.32 Å². The van der Waals surface area contributed by atoms with Crippen LogP contribution in [-0.4, -0.2) is 24.2 Å². The summed E-state index contributed by atoms with van der Waals surface area (Å²) in [6.07, 6.45) is 0.287. The Labute approximate surface area is 150 Å². The molecule has 0 bridgehead atoms. The van der Waals surface area contributed by atoms with Crippen LogP contribution in [-0.2, 0) is 9.59 Å². The molecule has 1 heterocycles. The van der Waals surface area contributed by atoms with Gasteiger partial charge in [0.05, 0.1) is 0 Å². The first kappa shape index (κ1) is 18.7. The molecule has 1 aromatic heterocycles. The lowest BCUT2D eigenvalue weighted by atomic mass is 10.1. The molecule has 7 heteroatoms. The molecule has 2 aromatic rings. The molecule has 0 fully saturated rings. The number of hydrogen-bond acceptors (Lipinski definition) is 5. The van der Waals surface area contributed by atoms with Crippen LogP contribution in [0.1, 0.15) is 33.0 Å². The normalized spacial score (nSPS) is 10.3. The molecule has 2 amide bonds. The van der Waals surface area contributed by atoms with Gasteiger partial charge in [-0.25, -0.2) is 0 Å². The Hall–Kier alpha value is -2.67. The van der Waals surface area contributed by atoms with Gasteiger partial charge in [0.2, 0.25) is 5.91 Å². The van der Waals surface area contributed by atoms with E-state index in [1.165, 1.54) is 0 Å². The van der Waals surface area contributed by atoms with Crippen molar-refractivity contribution in [2.75, 3.05) is 11.9 Å².